The number of aryl methyl sites for hydroxylation is 2. The van der Waals surface area contributed by atoms with E-state index < -0.39 is 0 Å². The third-order valence-electron chi connectivity index (χ3n) is 3.32. The molecule has 0 aromatic carbocycles. The molecule has 1 saturated heterocycles. The molecular formula is C15H24N4O2S. The van der Waals surface area contributed by atoms with Crippen molar-refractivity contribution >= 4 is 23.6 Å². The largest absolute Gasteiger partial charge is 0.350 e. The fraction of sp³-hybridized carbons (Fsp3) is 0.667. The van der Waals surface area contributed by atoms with Crippen LogP contribution in [0.1, 0.15) is 32.8 Å². The van der Waals surface area contributed by atoms with E-state index in [4.69, 9.17) is 0 Å². The third kappa shape index (κ3) is 4.50. The standard InChI is InChI=1S/C15H24N4O2S/c1-11-7-16-18(8-11)6-5-13(20)19-10-22-9-12(19)14(21)17-15(2,3)4/h7-8,12H,5-6,9-10H2,1-4H3,(H,17,21)/t12-/m1/s1. The van der Waals surface area contributed by atoms with Crippen LogP contribution in [0.3, 0.4) is 0 Å². The molecule has 2 amide bonds. The number of aromatic nitrogens is 2. The summed E-state index contributed by atoms with van der Waals surface area (Å²) in [5.74, 6) is 1.18. The Hall–Kier alpha value is -1.50. The summed E-state index contributed by atoms with van der Waals surface area (Å²) in [6, 6.07) is -0.365. The predicted molar refractivity (Wildman–Crippen MR) is 87.4 cm³/mol. The molecular weight excluding hydrogens is 300 g/mol. The lowest BCUT2D eigenvalue weighted by molar-refractivity contribution is -0.138. The van der Waals surface area contributed by atoms with Gasteiger partial charge in [0.25, 0.3) is 0 Å². The number of rotatable bonds is 4. The van der Waals surface area contributed by atoms with Crippen molar-refractivity contribution in [3.05, 3.63) is 18.0 Å². The number of carbonyl (C=O) groups excluding carboxylic acids is 2. The van der Waals surface area contributed by atoms with Gasteiger partial charge in [0.05, 0.1) is 12.1 Å². The van der Waals surface area contributed by atoms with Gasteiger partial charge in [0, 0.05) is 30.5 Å². The fourth-order valence-electron chi connectivity index (χ4n) is 2.30. The van der Waals surface area contributed by atoms with E-state index in [0.717, 1.165) is 5.56 Å². The minimum Gasteiger partial charge on any atom is -0.350 e. The molecule has 0 bridgehead atoms. The van der Waals surface area contributed by atoms with Gasteiger partial charge in [-0.25, -0.2) is 0 Å². The molecule has 1 fully saturated rings. The molecule has 1 aromatic rings. The highest BCUT2D eigenvalue weighted by atomic mass is 32.2. The SMILES string of the molecule is Cc1cnn(CCC(=O)N2CSC[C@@H]2C(=O)NC(C)(C)C)c1. The van der Waals surface area contributed by atoms with E-state index >= 15 is 0 Å². The minimum absolute atomic E-state index is 0.00668. The summed E-state index contributed by atoms with van der Waals surface area (Å²) >= 11 is 1.62. The molecule has 2 heterocycles. The van der Waals surface area contributed by atoms with Gasteiger partial charge in [0.15, 0.2) is 0 Å². The van der Waals surface area contributed by atoms with Gasteiger partial charge in [0.2, 0.25) is 11.8 Å². The minimum atomic E-state index is -0.365. The van der Waals surface area contributed by atoms with Crippen LogP contribution in [0.15, 0.2) is 12.4 Å². The second-order valence-corrected chi connectivity index (χ2v) is 7.65. The van der Waals surface area contributed by atoms with Crippen LogP contribution in [-0.2, 0) is 16.1 Å². The van der Waals surface area contributed by atoms with Crippen molar-refractivity contribution in [3.63, 3.8) is 0 Å². The third-order valence-corrected chi connectivity index (χ3v) is 4.33. The van der Waals surface area contributed by atoms with Gasteiger partial charge < -0.3 is 10.2 Å². The lowest BCUT2D eigenvalue weighted by Crippen LogP contribution is -2.52. The fourth-order valence-corrected chi connectivity index (χ4v) is 3.48. The smallest absolute Gasteiger partial charge is 0.244 e. The van der Waals surface area contributed by atoms with Gasteiger partial charge in [-0.3, -0.25) is 14.3 Å². The van der Waals surface area contributed by atoms with Gasteiger partial charge in [-0.2, -0.15) is 5.10 Å². The van der Waals surface area contributed by atoms with Crippen LogP contribution in [0.25, 0.3) is 0 Å². The Balaban J connectivity index is 1.91. The van der Waals surface area contributed by atoms with Crippen molar-refractivity contribution in [2.75, 3.05) is 11.6 Å². The van der Waals surface area contributed by atoms with Gasteiger partial charge in [0.1, 0.15) is 6.04 Å². The van der Waals surface area contributed by atoms with Crippen LogP contribution in [0.2, 0.25) is 0 Å². The summed E-state index contributed by atoms with van der Waals surface area (Å²) in [5, 5.41) is 7.14. The van der Waals surface area contributed by atoms with E-state index in [1.165, 1.54) is 0 Å². The molecule has 2 rings (SSSR count). The average Bonchev–Trinajstić information content (AvgIpc) is 3.02. The van der Waals surface area contributed by atoms with Crippen LogP contribution >= 0.6 is 11.8 Å². The van der Waals surface area contributed by atoms with Crippen molar-refractivity contribution in [1.82, 2.24) is 20.0 Å². The van der Waals surface area contributed by atoms with E-state index in [1.807, 2.05) is 33.9 Å². The van der Waals surface area contributed by atoms with Crippen LogP contribution in [0, 0.1) is 6.92 Å². The highest BCUT2D eigenvalue weighted by Crippen LogP contribution is 2.22. The first kappa shape index (κ1) is 16.9. The zero-order chi connectivity index (χ0) is 16.3. The molecule has 122 valence electrons. The Kier molecular flexibility index (Phi) is 5.16. The number of carbonyl (C=O) groups is 2. The van der Waals surface area contributed by atoms with E-state index in [-0.39, 0.29) is 23.4 Å². The number of nitrogens with one attached hydrogen (secondary N) is 1. The maximum atomic E-state index is 12.4. The second-order valence-electron chi connectivity index (χ2n) is 6.65. The zero-order valence-corrected chi connectivity index (χ0v) is 14.4. The van der Waals surface area contributed by atoms with Crippen LogP contribution in [0.5, 0.6) is 0 Å². The van der Waals surface area contributed by atoms with Gasteiger partial charge in [-0.1, -0.05) is 0 Å². The van der Waals surface area contributed by atoms with Gasteiger partial charge in [-0.15, -0.1) is 11.8 Å². The zero-order valence-electron chi connectivity index (χ0n) is 13.6. The first-order valence-corrected chi connectivity index (χ1v) is 8.60. The first-order chi connectivity index (χ1) is 10.3. The van der Waals surface area contributed by atoms with Crippen molar-refractivity contribution in [2.45, 2.75) is 52.2 Å². The normalized spacial score (nSPS) is 18.5. The first-order valence-electron chi connectivity index (χ1n) is 7.44. The number of hydrogen-bond donors (Lipinski definition) is 1. The molecule has 1 aromatic heterocycles. The highest BCUT2D eigenvalue weighted by Gasteiger charge is 2.35. The Morgan fingerprint density at radius 2 is 2.18 bits per heavy atom. The monoisotopic (exact) mass is 324 g/mol. The van der Waals surface area contributed by atoms with Crippen LogP contribution < -0.4 is 5.32 Å². The number of thioether (sulfide) groups is 1. The summed E-state index contributed by atoms with van der Waals surface area (Å²) in [6.07, 6.45) is 4.05. The molecule has 1 atom stereocenters. The quantitative estimate of drug-likeness (QED) is 0.909. The second kappa shape index (κ2) is 6.73. The van der Waals surface area contributed by atoms with Crippen molar-refractivity contribution in [3.8, 4) is 0 Å². The lowest BCUT2D eigenvalue weighted by Gasteiger charge is -2.27. The Morgan fingerprint density at radius 1 is 1.45 bits per heavy atom. The van der Waals surface area contributed by atoms with Crippen LogP contribution in [0.4, 0.5) is 0 Å². The number of hydrogen-bond acceptors (Lipinski definition) is 4. The molecule has 1 N–H and O–H groups in total. The van der Waals surface area contributed by atoms with E-state index in [1.54, 1.807) is 27.5 Å². The molecule has 7 heteroatoms. The molecule has 22 heavy (non-hydrogen) atoms. The van der Waals surface area contributed by atoms with E-state index in [0.29, 0.717) is 24.6 Å². The topological polar surface area (TPSA) is 67.2 Å². The Bertz CT molecular complexity index is 550. The van der Waals surface area contributed by atoms with Crippen LogP contribution in [-0.4, -0.2) is 49.7 Å². The molecule has 0 spiro atoms. The maximum absolute atomic E-state index is 12.4. The molecule has 1 aliphatic heterocycles. The molecule has 6 nitrogen and oxygen atoms in total. The molecule has 0 aliphatic carbocycles. The molecule has 0 saturated carbocycles. The molecule has 0 radical (unpaired) electrons. The molecule has 0 unspecified atom stereocenters. The van der Waals surface area contributed by atoms with Crippen molar-refractivity contribution in [2.24, 2.45) is 0 Å². The summed E-state index contributed by atoms with van der Waals surface area (Å²) in [6.45, 7) is 8.34. The summed E-state index contributed by atoms with van der Waals surface area (Å²) < 4.78 is 1.76. The average molecular weight is 324 g/mol. The highest BCUT2D eigenvalue weighted by molar-refractivity contribution is 7.99. The molecule has 1 aliphatic rings. The summed E-state index contributed by atoms with van der Waals surface area (Å²) in [4.78, 5) is 26.4. The van der Waals surface area contributed by atoms with E-state index in [9.17, 15) is 9.59 Å². The van der Waals surface area contributed by atoms with Crippen molar-refractivity contribution in [1.29, 1.82) is 0 Å². The lowest BCUT2D eigenvalue weighted by atomic mass is 10.1. The summed E-state index contributed by atoms with van der Waals surface area (Å²) in [5.41, 5.74) is 0.789. The summed E-state index contributed by atoms with van der Waals surface area (Å²) in [7, 11) is 0. The Labute approximate surface area is 135 Å². The van der Waals surface area contributed by atoms with Gasteiger partial charge >= 0.3 is 0 Å². The Morgan fingerprint density at radius 3 is 2.77 bits per heavy atom. The van der Waals surface area contributed by atoms with Crippen molar-refractivity contribution < 1.29 is 9.59 Å². The predicted octanol–water partition coefficient (Wildman–Crippen LogP) is 1.40. The number of amides is 2. The number of nitrogens with zero attached hydrogens (tertiary/aromatic N) is 3. The maximum Gasteiger partial charge on any atom is 0.244 e. The van der Waals surface area contributed by atoms with E-state index in [2.05, 4.69) is 10.4 Å². The van der Waals surface area contributed by atoms with Gasteiger partial charge in [-0.05, 0) is 33.3 Å².